The van der Waals surface area contributed by atoms with Crippen LogP contribution in [-0.4, -0.2) is 52.1 Å². The maximum absolute atomic E-state index is 12.7. The minimum atomic E-state index is -3.57. The molecule has 0 radical (unpaired) electrons. The number of carbonyl (C=O) groups is 2. The molecule has 1 aliphatic heterocycles. The topological polar surface area (TPSA) is 106 Å². The van der Waals surface area contributed by atoms with Gasteiger partial charge in [0.1, 0.15) is 5.92 Å². The van der Waals surface area contributed by atoms with Crippen molar-refractivity contribution in [1.29, 1.82) is 0 Å². The SMILES string of the molecule is CCOC(=O)[C@H]1CCC[NH+]([C@@H](C)C(=O)Nc2ccc(S(=O)(=O)NC(C)C)cc2)C1. The summed E-state index contributed by atoms with van der Waals surface area (Å²) in [6.07, 6.45) is 1.66. The first kappa shape index (κ1) is 23.3. The van der Waals surface area contributed by atoms with Gasteiger partial charge in [-0.3, -0.25) is 9.59 Å². The lowest BCUT2D eigenvalue weighted by Crippen LogP contribution is -3.18. The summed E-state index contributed by atoms with van der Waals surface area (Å²) in [7, 11) is -3.57. The van der Waals surface area contributed by atoms with Crippen LogP contribution in [0.5, 0.6) is 0 Å². The highest BCUT2D eigenvalue weighted by atomic mass is 32.2. The van der Waals surface area contributed by atoms with E-state index in [-0.39, 0.29) is 34.8 Å². The Bertz CT molecular complexity index is 808. The predicted octanol–water partition coefficient (Wildman–Crippen LogP) is 0.558. The molecule has 1 heterocycles. The fourth-order valence-corrected chi connectivity index (χ4v) is 4.73. The van der Waals surface area contributed by atoms with Gasteiger partial charge in [0.2, 0.25) is 10.0 Å². The van der Waals surface area contributed by atoms with Gasteiger partial charge in [0, 0.05) is 11.7 Å². The zero-order valence-electron chi connectivity index (χ0n) is 17.5. The molecule has 1 aromatic carbocycles. The fourth-order valence-electron chi connectivity index (χ4n) is 3.48. The van der Waals surface area contributed by atoms with Crippen molar-refractivity contribution >= 4 is 27.6 Å². The van der Waals surface area contributed by atoms with Crippen LogP contribution in [-0.2, 0) is 24.3 Å². The van der Waals surface area contributed by atoms with Crippen LogP contribution in [0.25, 0.3) is 0 Å². The first-order valence-corrected chi connectivity index (χ1v) is 11.6. The Kier molecular flexibility index (Phi) is 8.18. The van der Waals surface area contributed by atoms with Crippen LogP contribution < -0.4 is 14.9 Å². The van der Waals surface area contributed by atoms with Crippen molar-refractivity contribution in [2.24, 2.45) is 5.92 Å². The smallest absolute Gasteiger partial charge is 0.314 e. The summed E-state index contributed by atoms with van der Waals surface area (Å²) in [5, 5.41) is 2.84. The van der Waals surface area contributed by atoms with E-state index in [0.717, 1.165) is 24.3 Å². The lowest BCUT2D eigenvalue weighted by atomic mass is 9.97. The van der Waals surface area contributed by atoms with E-state index in [2.05, 4.69) is 10.0 Å². The number of amides is 1. The number of quaternary nitrogens is 1. The third-order valence-corrected chi connectivity index (χ3v) is 6.68. The summed E-state index contributed by atoms with van der Waals surface area (Å²) in [4.78, 5) is 25.9. The molecule has 9 heteroatoms. The van der Waals surface area contributed by atoms with Crippen molar-refractivity contribution in [2.75, 3.05) is 25.0 Å². The van der Waals surface area contributed by atoms with Gasteiger partial charge in [0.15, 0.2) is 6.04 Å². The molecule has 162 valence electrons. The second-order valence-electron chi connectivity index (χ2n) is 7.71. The maximum Gasteiger partial charge on any atom is 0.314 e. The van der Waals surface area contributed by atoms with E-state index in [1.54, 1.807) is 32.9 Å². The monoisotopic (exact) mass is 426 g/mol. The van der Waals surface area contributed by atoms with Gasteiger partial charge >= 0.3 is 5.97 Å². The maximum atomic E-state index is 12.7. The summed E-state index contributed by atoms with van der Waals surface area (Å²) in [6.45, 7) is 8.89. The molecule has 2 rings (SSSR count). The molecule has 0 aliphatic carbocycles. The van der Waals surface area contributed by atoms with E-state index >= 15 is 0 Å². The number of carbonyl (C=O) groups excluding carboxylic acids is 2. The number of esters is 1. The van der Waals surface area contributed by atoms with Crippen LogP contribution in [0.4, 0.5) is 5.69 Å². The number of hydrogen-bond donors (Lipinski definition) is 3. The minimum Gasteiger partial charge on any atom is -0.466 e. The normalized spacial score (nSPS) is 20.9. The molecule has 0 bridgehead atoms. The van der Waals surface area contributed by atoms with E-state index in [9.17, 15) is 18.0 Å². The molecule has 1 fully saturated rings. The highest BCUT2D eigenvalue weighted by molar-refractivity contribution is 7.89. The number of nitrogens with one attached hydrogen (secondary N) is 3. The number of anilines is 1. The lowest BCUT2D eigenvalue weighted by Gasteiger charge is -2.32. The second-order valence-corrected chi connectivity index (χ2v) is 9.43. The third kappa shape index (κ3) is 6.52. The van der Waals surface area contributed by atoms with Gasteiger partial charge in [-0.05, 0) is 64.8 Å². The van der Waals surface area contributed by atoms with Gasteiger partial charge in [-0.2, -0.15) is 0 Å². The number of sulfonamides is 1. The van der Waals surface area contributed by atoms with Crippen LogP contribution in [0.2, 0.25) is 0 Å². The fraction of sp³-hybridized carbons (Fsp3) is 0.600. The van der Waals surface area contributed by atoms with E-state index < -0.39 is 10.0 Å². The molecule has 8 nitrogen and oxygen atoms in total. The van der Waals surface area contributed by atoms with Gasteiger partial charge in [-0.1, -0.05) is 0 Å². The van der Waals surface area contributed by atoms with Crippen molar-refractivity contribution in [2.45, 2.75) is 57.5 Å². The predicted molar refractivity (Wildman–Crippen MR) is 110 cm³/mol. The standard InChI is InChI=1S/C20H31N3O5S/c1-5-28-20(25)16-7-6-12-23(13-16)15(4)19(24)21-17-8-10-18(11-9-17)29(26,27)22-14(2)3/h8-11,14-16,22H,5-7,12-13H2,1-4H3,(H,21,24)/p+1/t15-,16-/m0/s1. The van der Waals surface area contributed by atoms with Crippen molar-refractivity contribution < 1.29 is 27.6 Å². The number of piperidine rings is 1. The Morgan fingerprint density at radius 2 is 1.86 bits per heavy atom. The Morgan fingerprint density at radius 3 is 2.45 bits per heavy atom. The first-order chi connectivity index (χ1) is 13.6. The summed E-state index contributed by atoms with van der Waals surface area (Å²) < 4.78 is 32.0. The van der Waals surface area contributed by atoms with E-state index in [1.807, 2.05) is 6.92 Å². The van der Waals surface area contributed by atoms with Gasteiger partial charge in [-0.25, -0.2) is 13.1 Å². The summed E-state index contributed by atoms with van der Waals surface area (Å²) in [6, 6.07) is 5.55. The largest absolute Gasteiger partial charge is 0.466 e. The third-order valence-electron chi connectivity index (χ3n) is 5.01. The molecule has 3 N–H and O–H groups in total. The number of likely N-dealkylation sites (tertiary alicyclic amines) is 1. The Balaban J connectivity index is 1.98. The Labute approximate surface area is 173 Å². The number of rotatable bonds is 8. The molecule has 0 aromatic heterocycles. The van der Waals surface area contributed by atoms with Crippen LogP contribution in [0.1, 0.15) is 40.5 Å². The number of ether oxygens (including phenoxy) is 1. The molecule has 1 unspecified atom stereocenters. The van der Waals surface area contributed by atoms with Crippen LogP contribution in [0.15, 0.2) is 29.2 Å². The lowest BCUT2D eigenvalue weighted by molar-refractivity contribution is -0.921. The molecule has 1 aliphatic rings. The van der Waals surface area contributed by atoms with Crippen molar-refractivity contribution in [3.05, 3.63) is 24.3 Å². The second kappa shape index (κ2) is 10.2. The van der Waals surface area contributed by atoms with Crippen molar-refractivity contribution in [3.8, 4) is 0 Å². The molecule has 1 amide bonds. The molecule has 0 saturated carbocycles. The van der Waals surface area contributed by atoms with Gasteiger partial charge in [-0.15, -0.1) is 0 Å². The van der Waals surface area contributed by atoms with Crippen molar-refractivity contribution in [1.82, 2.24) is 4.72 Å². The van der Waals surface area contributed by atoms with Crippen LogP contribution >= 0.6 is 0 Å². The Hall–Kier alpha value is -1.97. The van der Waals surface area contributed by atoms with Crippen molar-refractivity contribution in [3.63, 3.8) is 0 Å². The number of benzene rings is 1. The molecule has 29 heavy (non-hydrogen) atoms. The minimum absolute atomic E-state index is 0.149. The zero-order valence-corrected chi connectivity index (χ0v) is 18.3. The number of hydrogen-bond acceptors (Lipinski definition) is 5. The van der Waals surface area contributed by atoms with Gasteiger partial charge in [0.05, 0.1) is 24.6 Å². The van der Waals surface area contributed by atoms with Crippen LogP contribution in [0.3, 0.4) is 0 Å². The quantitative estimate of drug-likeness (QED) is 0.527. The summed E-state index contributed by atoms with van der Waals surface area (Å²) >= 11 is 0. The van der Waals surface area contributed by atoms with Crippen LogP contribution in [0, 0.1) is 5.92 Å². The summed E-state index contributed by atoms with van der Waals surface area (Å²) in [5.41, 5.74) is 0.531. The highest BCUT2D eigenvalue weighted by Crippen LogP contribution is 2.15. The van der Waals surface area contributed by atoms with E-state index in [0.29, 0.717) is 18.8 Å². The highest BCUT2D eigenvalue weighted by Gasteiger charge is 2.34. The Morgan fingerprint density at radius 1 is 1.21 bits per heavy atom. The average Bonchev–Trinajstić information content (AvgIpc) is 2.67. The summed E-state index contributed by atoms with van der Waals surface area (Å²) in [5.74, 6) is -0.531. The first-order valence-electron chi connectivity index (χ1n) is 10.1. The zero-order chi connectivity index (χ0) is 21.6. The van der Waals surface area contributed by atoms with Gasteiger partial charge < -0.3 is 15.0 Å². The molecule has 3 atom stereocenters. The van der Waals surface area contributed by atoms with E-state index in [4.69, 9.17) is 4.74 Å². The molecule has 1 aromatic rings. The molecular formula is C20H32N3O5S+. The molecular weight excluding hydrogens is 394 g/mol. The molecule has 0 spiro atoms. The van der Waals surface area contributed by atoms with E-state index in [1.165, 1.54) is 12.1 Å². The average molecular weight is 427 g/mol. The molecule has 1 saturated heterocycles. The van der Waals surface area contributed by atoms with Gasteiger partial charge in [0.25, 0.3) is 5.91 Å².